The molecule has 0 aliphatic heterocycles. The van der Waals surface area contributed by atoms with Crippen LogP contribution in [0.3, 0.4) is 0 Å². The molecule has 7 nitrogen and oxygen atoms in total. The summed E-state index contributed by atoms with van der Waals surface area (Å²) < 4.78 is 7.81. The Balaban J connectivity index is 0.000000175. The third-order valence-electron chi connectivity index (χ3n) is 8.87. The van der Waals surface area contributed by atoms with Crippen LogP contribution in [0.15, 0.2) is 142 Å². The number of ketones is 2. The topological polar surface area (TPSA) is 97.4 Å². The average molecular weight is 929 g/mol. The Labute approximate surface area is 379 Å². The predicted octanol–water partition coefficient (Wildman–Crippen LogP) is 13.5. The van der Waals surface area contributed by atoms with Gasteiger partial charge >= 0.3 is 6.03 Å². The molecule has 0 atom stereocenters. The smallest absolute Gasteiger partial charge is 0.324 e. The third-order valence-corrected chi connectivity index (χ3v) is 12.8. The van der Waals surface area contributed by atoms with Crippen molar-refractivity contribution in [1.82, 2.24) is 4.98 Å². The van der Waals surface area contributed by atoms with Gasteiger partial charge in [-0.3, -0.25) is 14.9 Å². The van der Waals surface area contributed by atoms with E-state index in [2.05, 4.69) is 43.5 Å². The van der Waals surface area contributed by atoms with E-state index < -0.39 is 0 Å². The molecule has 11 heteroatoms. The second-order valence-electron chi connectivity index (χ2n) is 14.1. The fourth-order valence-corrected chi connectivity index (χ4v) is 8.47. The largest absolute Gasteiger partial charge is 0.439 e. The lowest BCUT2D eigenvalue weighted by Gasteiger charge is -2.06. The molecule has 2 amide bonds. The monoisotopic (exact) mass is 927 g/mol. The number of urea groups is 1. The molecule has 3 heterocycles. The highest BCUT2D eigenvalue weighted by Gasteiger charge is 2.11. The van der Waals surface area contributed by atoms with Crippen molar-refractivity contribution >= 4 is 78.7 Å². The first-order valence-electron chi connectivity index (χ1n) is 19.2. The first-order chi connectivity index (χ1) is 29.4. The number of thioether (sulfide) groups is 1. The summed E-state index contributed by atoms with van der Waals surface area (Å²) >= 11 is 8.13. The number of carbonyl (C=O) groups excluding carboxylic acids is 3. The Hall–Kier alpha value is -5.77. The summed E-state index contributed by atoms with van der Waals surface area (Å²) in [5, 5.41) is 8.32. The maximum atomic E-state index is 12.1. The van der Waals surface area contributed by atoms with Crippen LogP contribution in [0.1, 0.15) is 54.2 Å². The molecular formula is C50H46BrN3O4S3. The summed E-state index contributed by atoms with van der Waals surface area (Å²) in [6, 6.07) is 38.4. The minimum atomic E-state index is -0.270. The number of aryl methyl sites for hydroxylation is 4. The number of benzene rings is 4. The summed E-state index contributed by atoms with van der Waals surface area (Å²) in [6.07, 6.45) is 10.4. The number of terminal acetylenes is 1. The number of anilines is 2. The van der Waals surface area contributed by atoms with Crippen LogP contribution in [-0.4, -0.2) is 28.8 Å². The lowest BCUT2D eigenvalue weighted by molar-refractivity contribution is -0.117. The number of amides is 2. The number of halogens is 1. The summed E-state index contributed by atoms with van der Waals surface area (Å²) in [5.41, 5.74) is 8.88. The van der Waals surface area contributed by atoms with Crippen molar-refractivity contribution in [2.75, 3.05) is 16.9 Å². The fourth-order valence-electron chi connectivity index (χ4n) is 5.80. The highest BCUT2D eigenvalue weighted by molar-refractivity contribution is 9.10. The molecule has 7 aromatic rings. The number of Topliss-reactive ketones (excluding diaryl/α,β-unsaturated/α-hetero) is 2. The zero-order chi connectivity index (χ0) is 43.7. The van der Waals surface area contributed by atoms with Crippen molar-refractivity contribution < 1.29 is 19.1 Å². The zero-order valence-electron chi connectivity index (χ0n) is 34.6. The molecule has 0 aliphatic rings. The molecule has 0 bridgehead atoms. The minimum absolute atomic E-state index is 0.164. The number of hydrogen-bond donors (Lipinski definition) is 2. The van der Waals surface area contributed by atoms with E-state index in [4.69, 9.17) is 11.2 Å². The number of hydrogen-bond acceptors (Lipinski definition) is 8. The van der Waals surface area contributed by atoms with Crippen LogP contribution in [0.25, 0.3) is 0 Å². The quantitative estimate of drug-likeness (QED) is 0.0720. The molecule has 0 spiro atoms. The van der Waals surface area contributed by atoms with E-state index in [0.29, 0.717) is 25.1 Å². The van der Waals surface area contributed by atoms with Gasteiger partial charge in [-0.15, -0.1) is 40.9 Å². The van der Waals surface area contributed by atoms with Crippen LogP contribution < -0.4 is 15.4 Å². The molecule has 2 N–H and O–H groups in total. The van der Waals surface area contributed by atoms with Gasteiger partial charge in [0.2, 0.25) is 5.88 Å². The van der Waals surface area contributed by atoms with Crippen molar-refractivity contribution in [3.05, 3.63) is 187 Å². The highest BCUT2D eigenvalue weighted by Crippen LogP contribution is 2.33. The molecule has 3 aromatic heterocycles. The number of nitrogens with one attached hydrogen (secondary N) is 2. The second-order valence-corrected chi connectivity index (χ2v) is 18.1. The van der Waals surface area contributed by atoms with Gasteiger partial charge in [0.05, 0.1) is 14.8 Å². The molecule has 7 rings (SSSR count). The van der Waals surface area contributed by atoms with Gasteiger partial charge in [-0.25, -0.2) is 9.78 Å². The number of aromatic nitrogens is 1. The zero-order valence-corrected chi connectivity index (χ0v) is 38.6. The van der Waals surface area contributed by atoms with Crippen LogP contribution in [0.2, 0.25) is 0 Å². The van der Waals surface area contributed by atoms with Crippen LogP contribution in [0.5, 0.6) is 11.6 Å². The number of rotatable bonds is 12. The molecule has 0 fully saturated rings. The molecule has 4 aromatic carbocycles. The molecule has 310 valence electrons. The van der Waals surface area contributed by atoms with Crippen molar-refractivity contribution in [2.45, 2.75) is 51.2 Å². The SMILES string of the molecule is C#Cc1cc(NC(=O)Nc2cccc(C)c2)sc1SC.Cc1ccc(C(=O)Cc2ccc(Br)c(C)c2)cc1.Cc1cccc(Oc2ccc(CC(=O)Cc3cccs3)cn2)c1. The number of ether oxygens (including phenoxy) is 1. The standard InChI is InChI=1S/C19H17NO2S.C16H15BrO.C15H14N2OS2/c1-14-4-2-5-17(10-14)22-19-8-7-15(13-20-19)11-16(21)12-18-6-3-9-23-18;1-11-3-6-14(7-4-11)16(18)10-13-5-8-15(17)12(2)9-13;1-4-11-9-13(20-14(11)19-3)17-15(18)16-12-7-5-6-10(2)8-12/h2-10,13H,11-12H2,1H3;3-9H,10H2,1-2H3;1,5-9H,2-3H3,(H2,16,17,18). The van der Waals surface area contributed by atoms with E-state index in [1.807, 2.05) is 149 Å². The van der Waals surface area contributed by atoms with Gasteiger partial charge < -0.3 is 10.1 Å². The maximum Gasteiger partial charge on any atom is 0.324 e. The number of pyridine rings is 1. The number of nitrogens with zero attached hydrogens (tertiary/aromatic N) is 1. The Bertz CT molecular complexity index is 2600. The maximum absolute atomic E-state index is 12.1. The summed E-state index contributed by atoms with van der Waals surface area (Å²) in [6.45, 7) is 8.05. The van der Waals surface area contributed by atoms with Gasteiger partial charge in [0.15, 0.2) is 5.78 Å². The lowest BCUT2D eigenvalue weighted by Crippen LogP contribution is -2.18. The molecule has 0 aliphatic carbocycles. The van der Waals surface area contributed by atoms with E-state index in [1.54, 1.807) is 35.4 Å². The number of thiophene rings is 2. The van der Waals surface area contributed by atoms with Gasteiger partial charge in [0.1, 0.15) is 11.5 Å². The summed E-state index contributed by atoms with van der Waals surface area (Å²) in [7, 11) is 0. The first-order valence-corrected chi connectivity index (χ1v) is 23.0. The number of carbonyl (C=O) groups is 3. The minimum Gasteiger partial charge on any atom is -0.439 e. The van der Waals surface area contributed by atoms with E-state index >= 15 is 0 Å². The Morgan fingerprint density at radius 2 is 1.51 bits per heavy atom. The average Bonchev–Trinajstić information content (AvgIpc) is 3.90. The molecule has 0 saturated carbocycles. The molecule has 0 unspecified atom stereocenters. The molecule has 0 saturated heterocycles. The van der Waals surface area contributed by atoms with Gasteiger partial charge in [-0.2, -0.15) is 0 Å². The van der Waals surface area contributed by atoms with Gasteiger partial charge in [-0.05, 0) is 110 Å². The third kappa shape index (κ3) is 15.3. The van der Waals surface area contributed by atoms with E-state index in [9.17, 15) is 14.4 Å². The predicted molar refractivity (Wildman–Crippen MR) is 258 cm³/mol. The van der Waals surface area contributed by atoms with Gasteiger partial charge in [0.25, 0.3) is 0 Å². The lowest BCUT2D eigenvalue weighted by atomic mass is 10.0. The summed E-state index contributed by atoms with van der Waals surface area (Å²) in [4.78, 5) is 41.4. The van der Waals surface area contributed by atoms with Crippen LogP contribution in [-0.2, 0) is 24.1 Å². The second kappa shape index (κ2) is 23.3. The molecular weight excluding hydrogens is 883 g/mol. The van der Waals surface area contributed by atoms with Crippen LogP contribution in [0, 0.1) is 40.0 Å². The molecule has 61 heavy (non-hydrogen) atoms. The van der Waals surface area contributed by atoms with E-state index in [1.165, 1.54) is 16.9 Å². The van der Waals surface area contributed by atoms with Crippen LogP contribution in [0.4, 0.5) is 15.5 Å². The van der Waals surface area contributed by atoms with Crippen LogP contribution >= 0.6 is 50.4 Å². The van der Waals surface area contributed by atoms with E-state index in [-0.39, 0.29) is 17.6 Å². The van der Waals surface area contributed by atoms with Crippen molar-refractivity contribution in [3.8, 4) is 24.0 Å². The van der Waals surface area contributed by atoms with Gasteiger partial charge in [-0.1, -0.05) is 100 Å². The Morgan fingerprint density at radius 3 is 2.13 bits per heavy atom. The van der Waals surface area contributed by atoms with Crippen molar-refractivity contribution in [1.29, 1.82) is 0 Å². The van der Waals surface area contributed by atoms with Crippen molar-refractivity contribution in [2.24, 2.45) is 0 Å². The normalized spacial score (nSPS) is 10.2. The summed E-state index contributed by atoms with van der Waals surface area (Å²) in [5.74, 6) is 4.27. The highest BCUT2D eigenvalue weighted by atomic mass is 79.9. The Morgan fingerprint density at radius 1 is 0.770 bits per heavy atom. The fraction of sp³-hybridized carbons (Fsp3) is 0.160. The van der Waals surface area contributed by atoms with Gasteiger partial charge in [0, 0.05) is 52.1 Å². The van der Waals surface area contributed by atoms with Crippen molar-refractivity contribution in [3.63, 3.8) is 0 Å². The van der Waals surface area contributed by atoms with E-state index in [0.717, 1.165) is 68.9 Å². The Kier molecular flexibility index (Phi) is 17.7. The molecule has 0 radical (unpaired) electrons. The first kappa shape index (κ1) is 46.3.